The zero-order chi connectivity index (χ0) is 13.9. The summed E-state index contributed by atoms with van der Waals surface area (Å²) in [6.07, 6.45) is 0. The molecule has 5 nitrogen and oxygen atoms in total. The van der Waals surface area contributed by atoms with Gasteiger partial charge in [-0.05, 0) is 23.1 Å². The molecule has 0 aliphatic carbocycles. The van der Waals surface area contributed by atoms with Gasteiger partial charge in [-0.1, -0.05) is 19.9 Å². The Balaban J connectivity index is 3.39. The number of anilines is 1. The van der Waals surface area contributed by atoms with Gasteiger partial charge in [-0.2, -0.15) is 0 Å². The van der Waals surface area contributed by atoms with Crippen molar-refractivity contribution in [3.63, 3.8) is 0 Å². The van der Waals surface area contributed by atoms with E-state index in [0.717, 1.165) is 5.56 Å². The Labute approximate surface area is 109 Å². The van der Waals surface area contributed by atoms with Gasteiger partial charge >= 0.3 is 5.97 Å². The molecule has 100 valence electrons. The lowest BCUT2D eigenvalue weighted by Gasteiger charge is -2.16. The van der Waals surface area contributed by atoms with Crippen LogP contribution in [0.25, 0.3) is 0 Å². The van der Waals surface area contributed by atoms with E-state index in [9.17, 15) is 9.00 Å². The zero-order valence-electron chi connectivity index (χ0n) is 10.6. The summed E-state index contributed by atoms with van der Waals surface area (Å²) < 4.78 is 24.6. The normalized spacial score (nSPS) is 12.5. The molecule has 0 radical (unpaired) electrons. The van der Waals surface area contributed by atoms with Crippen LogP contribution < -0.4 is 5.73 Å². The average molecular weight is 271 g/mol. The minimum Gasteiger partial charge on any atom is -0.465 e. The number of ether oxygens (including phenoxy) is 1. The molecule has 0 saturated heterocycles. The van der Waals surface area contributed by atoms with Crippen molar-refractivity contribution in [3.05, 3.63) is 28.8 Å². The summed E-state index contributed by atoms with van der Waals surface area (Å²) in [5.41, 5.74) is 7.74. The van der Waals surface area contributed by atoms with Crippen LogP contribution in [0.2, 0.25) is 0 Å². The summed E-state index contributed by atoms with van der Waals surface area (Å²) in [6, 6.07) is 3.33. The van der Waals surface area contributed by atoms with Gasteiger partial charge in [-0.15, -0.1) is 0 Å². The summed E-state index contributed by atoms with van der Waals surface area (Å²) in [4.78, 5) is 11.5. The molecule has 6 heteroatoms. The van der Waals surface area contributed by atoms with Crippen LogP contribution in [-0.2, 0) is 21.6 Å². The van der Waals surface area contributed by atoms with Crippen molar-refractivity contribution >= 4 is 22.7 Å². The van der Waals surface area contributed by atoms with Crippen molar-refractivity contribution in [2.24, 2.45) is 0 Å². The lowest BCUT2D eigenvalue weighted by Crippen LogP contribution is -2.12. The summed E-state index contributed by atoms with van der Waals surface area (Å²) in [5, 5.41) is 0. The maximum atomic E-state index is 11.5. The van der Waals surface area contributed by atoms with Crippen LogP contribution in [-0.4, -0.2) is 21.8 Å². The summed E-state index contributed by atoms with van der Waals surface area (Å²) in [5.74, 6) is -0.491. The van der Waals surface area contributed by atoms with Crippen LogP contribution in [0.1, 0.15) is 41.3 Å². The van der Waals surface area contributed by atoms with E-state index in [0.29, 0.717) is 5.56 Å². The van der Waals surface area contributed by atoms with Crippen molar-refractivity contribution in [2.45, 2.75) is 25.5 Å². The van der Waals surface area contributed by atoms with Gasteiger partial charge in [0.2, 0.25) is 0 Å². The monoisotopic (exact) mass is 271 g/mol. The Morgan fingerprint density at radius 3 is 2.56 bits per heavy atom. The topological polar surface area (TPSA) is 89.6 Å². The Morgan fingerprint density at radius 2 is 2.11 bits per heavy atom. The smallest absolute Gasteiger partial charge is 0.339 e. The van der Waals surface area contributed by atoms with Gasteiger partial charge < -0.3 is 15.0 Å². The van der Waals surface area contributed by atoms with E-state index >= 15 is 0 Å². The van der Waals surface area contributed by atoms with Crippen molar-refractivity contribution in [1.29, 1.82) is 0 Å². The average Bonchev–Trinajstić information content (AvgIpc) is 2.29. The first-order valence-corrected chi connectivity index (χ1v) is 6.73. The van der Waals surface area contributed by atoms with Crippen molar-refractivity contribution in [3.8, 4) is 0 Å². The van der Waals surface area contributed by atoms with Gasteiger partial charge in [0.05, 0.1) is 24.1 Å². The molecule has 1 rings (SSSR count). The molecule has 1 atom stereocenters. The fourth-order valence-electron chi connectivity index (χ4n) is 1.79. The summed E-state index contributed by atoms with van der Waals surface area (Å²) in [7, 11) is 1.27. The number of carbonyl (C=O) groups excluding carboxylic acids is 1. The molecule has 0 aliphatic heterocycles. The van der Waals surface area contributed by atoms with E-state index in [1.807, 2.05) is 13.8 Å². The van der Waals surface area contributed by atoms with Crippen LogP contribution in [0.4, 0.5) is 5.69 Å². The second-order valence-electron chi connectivity index (χ2n) is 4.21. The van der Waals surface area contributed by atoms with E-state index in [1.165, 1.54) is 7.11 Å². The molecule has 0 aromatic heterocycles. The molecular formula is C12H17NO4S. The molecule has 0 aliphatic rings. The molecule has 0 heterocycles. The maximum absolute atomic E-state index is 11.5. The lowest BCUT2D eigenvalue weighted by molar-refractivity contribution is 0.0602. The zero-order valence-corrected chi connectivity index (χ0v) is 11.4. The highest BCUT2D eigenvalue weighted by atomic mass is 32.2. The van der Waals surface area contributed by atoms with Crippen LogP contribution >= 0.6 is 0 Å². The third kappa shape index (κ3) is 3.08. The van der Waals surface area contributed by atoms with E-state index in [4.69, 9.17) is 10.3 Å². The number of rotatable bonds is 4. The highest BCUT2D eigenvalue weighted by Gasteiger charge is 2.19. The third-order valence-corrected chi connectivity index (χ3v) is 3.22. The largest absolute Gasteiger partial charge is 0.465 e. The molecule has 3 N–H and O–H groups in total. The van der Waals surface area contributed by atoms with E-state index < -0.39 is 17.0 Å². The standard InChI is InChI=1S/C12H17NO4S/c1-7(2)8-4-5-9(12(14)17-3)11(13)10(8)6-18(15)16/h4-5,7H,6,13H2,1-3H3,(H,15,16). The van der Waals surface area contributed by atoms with Gasteiger partial charge in [-0.3, -0.25) is 0 Å². The Morgan fingerprint density at radius 1 is 1.50 bits per heavy atom. The number of nitrogen functional groups attached to an aromatic ring is 1. The molecule has 1 aromatic rings. The molecular weight excluding hydrogens is 254 g/mol. The van der Waals surface area contributed by atoms with Gasteiger partial charge in [-0.25, -0.2) is 9.00 Å². The molecule has 0 fully saturated rings. The van der Waals surface area contributed by atoms with Crippen molar-refractivity contribution < 1.29 is 18.3 Å². The van der Waals surface area contributed by atoms with Crippen LogP contribution in [0.5, 0.6) is 0 Å². The fourth-order valence-corrected chi connectivity index (χ4v) is 2.36. The number of hydrogen-bond acceptors (Lipinski definition) is 4. The maximum Gasteiger partial charge on any atom is 0.339 e. The second-order valence-corrected chi connectivity index (χ2v) is 5.14. The Hall–Kier alpha value is -1.40. The van der Waals surface area contributed by atoms with Crippen LogP contribution in [0.3, 0.4) is 0 Å². The molecule has 1 unspecified atom stereocenters. The Kier molecular flexibility index (Phi) is 4.86. The highest BCUT2D eigenvalue weighted by Crippen LogP contribution is 2.29. The fraction of sp³-hybridized carbons (Fsp3) is 0.417. The minimum absolute atomic E-state index is 0.0931. The summed E-state index contributed by atoms with van der Waals surface area (Å²) in [6.45, 7) is 3.91. The van der Waals surface area contributed by atoms with Gasteiger partial charge in [0.15, 0.2) is 11.1 Å². The molecule has 0 saturated carbocycles. The number of nitrogens with two attached hydrogens (primary N) is 1. The SMILES string of the molecule is COC(=O)c1ccc(C(C)C)c(CS(=O)O)c1N. The molecule has 1 aromatic carbocycles. The second kappa shape index (κ2) is 5.97. The first kappa shape index (κ1) is 14.7. The van der Waals surface area contributed by atoms with E-state index in [1.54, 1.807) is 12.1 Å². The third-order valence-electron chi connectivity index (χ3n) is 2.69. The number of carbonyl (C=O) groups is 1. The first-order chi connectivity index (χ1) is 8.38. The minimum atomic E-state index is -2.01. The summed E-state index contributed by atoms with van der Waals surface area (Å²) >= 11 is -2.01. The van der Waals surface area contributed by atoms with Gasteiger partial charge in [0.1, 0.15) is 0 Å². The van der Waals surface area contributed by atoms with E-state index in [2.05, 4.69) is 4.74 Å². The first-order valence-electron chi connectivity index (χ1n) is 5.45. The van der Waals surface area contributed by atoms with E-state index in [-0.39, 0.29) is 22.9 Å². The van der Waals surface area contributed by atoms with Gasteiger partial charge in [0, 0.05) is 0 Å². The Bertz CT molecular complexity index is 485. The predicted octanol–water partition coefficient (Wildman–Crippen LogP) is 1.90. The molecule has 0 bridgehead atoms. The van der Waals surface area contributed by atoms with Crippen molar-refractivity contribution in [2.75, 3.05) is 12.8 Å². The highest BCUT2D eigenvalue weighted by molar-refractivity contribution is 7.78. The number of benzene rings is 1. The number of esters is 1. The number of methoxy groups -OCH3 is 1. The van der Waals surface area contributed by atoms with Crippen LogP contribution in [0, 0.1) is 0 Å². The molecule has 18 heavy (non-hydrogen) atoms. The lowest BCUT2D eigenvalue weighted by atomic mass is 9.94. The predicted molar refractivity (Wildman–Crippen MR) is 70.8 cm³/mol. The quantitative estimate of drug-likeness (QED) is 0.496. The van der Waals surface area contributed by atoms with Gasteiger partial charge in [0.25, 0.3) is 0 Å². The molecule has 0 spiro atoms. The van der Waals surface area contributed by atoms with Crippen LogP contribution in [0.15, 0.2) is 12.1 Å². The number of hydrogen-bond donors (Lipinski definition) is 2. The van der Waals surface area contributed by atoms with Crippen molar-refractivity contribution in [1.82, 2.24) is 0 Å². The molecule has 0 amide bonds.